The van der Waals surface area contributed by atoms with Gasteiger partial charge >= 0.3 is 6.18 Å². The van der Waals surface area contributed by atoms with Crippen LogP contribution in [-0.2, 0) is 11.0 Å². The highest BCUT2D eigenvalue weighted by Gasteiger charge is 2.33. The second-order valence-electron chi connectivity index (χ2n) is 9.22. The molecule has 4 rings (SSSR count). The van der Waals surface area contributed by atoms with Crippen LogP contribution < -0.4 is 0 Å². The van der Waals surface area contributed by atoms with E-state index in [4.69, 9.17) is 16.7 Å². The summed E-state index contributed by atoms with van der Waals surface area (Å²) in [6, 6.07) is 5.01. The predicted molar refractivity (Wildman–Crippen MR) is 149 cm³/mol. The summed E-state index contributed by atoms with van der Waals surface area (Å²) in [5, 5.41) is 11.6. The quantitative estimate of drug-likeness (QED) is 0.360. The van der Waals surface area contributed by atoms with E-state index in [1.807, 2.05) is 13.8 Å². The predicted octanol–water partition coefficient (Wildman–Crippen LogP) is 6.40. The number of fused-ring (bicyclic) bond motifs is 1. The number of piperidine rings is 1. The standard InChI is InChI=1S/C26H25ClF3N3O3.C2H6.CH4O/c1-14-12-18(26(28,29)30)13-20-16(3)31-33(23(14)20)25(36)22-15(2)19(4-5-21(22)27)24(35)32-9-6-17(7-10-32)8-11-34;2*1-2/h4-5,11-13,17H,6-10H2,1-3H3;1-2H3;2H,1H3. The Labute approximate surface area is 236 Å². The Balaban J connectivity index is 0.00000134. The second kappa shape index (κ2) is 13.9. The molecule has 3 aromatic rings. The molecule has 1 fully saturated rings. The van der Waals surface area contributed by atoms with E-state index >= 15 is 0 Å². The molecule has 2 heterocycles. The molecule has 1 aromatic heterocycles. The lowest BCUT2D eigenvalue weighted by Crippen LogP contribution is -2.39. The van der Waals surface area contributed by atoms with Crippen LogP contribution in [0.15, 0.2) is 24.3 Å². The van der Waals surface area contributed by atoms with Gasteiger partial charge in [0.1, 0.15) is 6.29 Å². The van der Waals surface area contributed by atoms with Gasteiger partial charge in [0, 0.05) is 37.6 Å². The highest BCUT2D eigenvalue weighted by atomic mass is 35.5. The molecule has 1 aliphatic rings. The van der Waals surface area contributed by atoms with Crippen LogP contribution in [0.2, 0.25) is 5.02 Å². The molecule has 11 heteroatoms. The molecule has 40 heavy (non-hydrogen) atoms. The molecule has 0 saturated carbocycles. The molecule has 2 aromatic carbocycles. The molecular formula is C29H35ClF3N3O4. The topological polar surface area (TPSA) is 92.5 Å². The Kier molecular flexibility index (Phi) is 11.5. The summed E-state index contributed by atoms with van der Waals surface area (Å²) in [6.45, 7) is 9.66. The van der Waals surface area contributed by atoms with Gasteiger partial charge in [-0.25, -0.2) is 0 Å². The molecule has 0 radical (unpaired) electrons. The number of benzene rings is 2. The van der Waals surface area contributed by atoms with Gasteiger partial charge in [0.15, 0.2) is 0 Å². The molecule has 218 valence electrons. The van der Waals surface area contributed by atoms with Crippen molar-refractivity contribution in [2.75, 3.05) is 20.2 Å². The number of nitrogens with zero attached hydrogens (tertiary/aromatic N) is 3. The van der Waals surface area contributed by atoms with Crippen molar-refractivity contribution in [2.45, 2.75) is 60.1 Å². The maximum Gasteiger partial charge on any atom is 0.416 e. The van der Waals surface area contributed by atoms with Gasteiger partial charge in [-0.1, -0.05) is 25.4 Å². The van der Waals surface area contributed by atoms with Gasteiger partial charge in [-0.2, -0.15) is 23.0 Å². The first kappa shape index (κ1) is 33.0. The SMILES string of the molecule is CC.CO.Cc1c(C(=O)N2CCC(CC=O)CC2)ccc(Cl)c1C(=O)n1nc(C)c2cc(C(F)(F)F)cc(C)c21. The lowest BCUT2D eigenvalue weighted by molar-refractivity contribution is -0.137. The number of carbonyl (C=O) groups excluding carboxylic acids is 3. The van der Waals surface area contributed by atoms with Gasteiger partial charge in [0.2, 0.25) is 0 Å². The van der Waals surface area contributed by atoms with Crippen LogP contribution in [-0.4, -0.2) is 58.1 Å². The van der Waals surface area contributed by atoms with Gasteiger partial charge in [0.05, 0.1) is 27.4 Å². The van der Waals surface area contributed by atoms with Gasteiger partial charge < -0.3 is 14.8 Å². The van der Waals surface area contributed by atoms with E-state index in [9.17, 15) is 27.6 Å². The van der Waals surface area contributed by atoms with Crippen LogP contribution >= 0.6 is 11.6 Å². The van der Waals surface area contributed by atoms with E-state index < -0.39 is 17.6 Å². The molecule has 0 unspecified atom stereocenters. The first-order valence-corrected chi connectivity index (χ1v) is 13.4. The number of halogens is 4. The van der Waals surface area contributed by atoms with Gasteiger partial charge in [-0.05, 0) is 74.9 Å². The first-order chi connectivity index (χ1) is 18.9. The van der Waals surface area contributed by atoms with Crippen molar-refractivity contribution in [1.29, 1.82) is 0 Å². The fourth-order valence-electron chi connectivity index (χ4n) is 4.86. The number of aryl methyl sites for hydroxylation is 2. The van der Waals surface area contributed by atoms with Crippen molar-refractivity contribution < 1.29 is 32.7 Å². The number of likely N-dealkylation sites (tertiary alicyclic amines) is 1. The van der Waals surface area contributed by atoms with E-state index in [1.165, 1.54) is 19.9 Å². The lowest BCUT2D eigenvalue weighted by atomic mass is 9.93. The Morgan fingerprint density at radius 1 is 1.07 bits per heavy atom. The number of alkyl halides is 3. The highest BCUT2D eigenvalue weighted by Crippen LogP contribution is 2.35. The van der Waals surface area contributed by atoms with Crippen LogP contribution in [0.3, 0.4) is 0 Å². The number of aldehydes is 1. The summed E-state index contributed by atoms with van der Waals surface area (Å²) in [6.07, 6.45) is -1.72. The van der Waals surface area contributed by atoms with Gasteiger partial charge in [-0.3, -0.25) is 9.59 Å². The van der Waals surface area contributed by atoms with E-state index in [2.05, 4.69) is 5.10 Å². The smallest absolute Gasteiger partial charge is 0.400 e. The monoisotopic (exact) mass is 581 g/mol. The maximum atomic E-state index is 13.7. The molecule has 1 N–H and O–H groups in total. The molecular weight excluding hydrogens is 547 g/mol. The van der Waals surface area contributed by atoms with Crippen molar-refractivity contribution in [3.63, 3.8) is 0 Å². The third-order valence-electron chi connectivity index (χ3n) is 6.86. The van der Waals surface area contributed by atoms with E-state index in [0.29, 0.717) is 30.6 Å². The maximum absolute atomic E-state index is 13.7. The highest BCUT2D eigenvalue weighted by molar-refractivity contribution is 6.34. The molecule has 1 amide bonds. The molecule has 0 spiro atoms. The number of hydrogen-bond acceptors (Lipinski definition) is 5. The summed E-state index contributed by atoms with van der Waals surface area (Å²) in [5.41, 5.74) is 0.720. The summed E-state index contributed by atoms with van der Waals surface area (Å²) >= 11 is 6.40. The minimum absolute atomic E-state index is 0.0713. The number of aliphatic hydroxyl groups excluding tert-OH is 1. The molecule has 0 bridgehead atoms. The summed E-state index contributed by atoms with van der Waals surface area (Å²) in [7, 11) is 1.00. The third-order valence-corrected chi connectivity index (χ3v) is 7.18. The second-order valence-corrected chi connectivity index (χ2v) is 9.63. The largest absolute Gasteiger partial charge is 0.416 e. The Bertz CT molecular complexity index is 1380. The van der Waals surface area contributed by atoms with E-state index in [0.717, 1.165) is 43.1 Å². The minimum atomic E-state index is -4.53. The molecule has 7 nitrogen and oxygen atoms in total. The van der Waals surface area contributed by atoms with Crippen LogP contribution in [0, 0.1) is 26.7 Å². The van der Waals surface area contributed by atoms with Crippen molar-refractivity contribution in [3.8, 4) is 0 Å². The van der Waals surface area contributed by atoms with Crippen LogP contribution in [0.1, 0.15) is 76.2 Å². The van der Waals surface area contributed by atoms with Crippen molar-refractivity contribution >= 4 is 40.6 Å². The average Bonchev–Trinajstić information content (AvgIpc) is 3.28. The van der Waals surface area contributed by atoms with E-state index in [1.54, 1.807) is 17.9 Å². The average molecular weight is 582 g/mol. The minimum Gasteiger partial charge on any atom is -0.400 e. The van der Waals surface area contributed by atoms with Gasteiger partial charge in [-0.15, -0.1) is 0 Å². The van der Waals surface area contributed by atoms with E-state index in [-0.39, 0.29) is 44.6 Å². The number of rotatable bonds is 4. The summed E-state index contributed by atoms with van der Waals surface area (Å²) < 4.78 is 41.1. The number of hydrogen-bond donors (Lipinski definition) is 1. The van der Waals surface area contributed by atoms with Crippen molar-refractivity contribution in [2.24, 2.45) is 5.92 Å². The zero-order valence-corrected chi connectivity index (χ0v) is 24.3. The zero-order chi connectivity index (χ0) is 30.4. The molecule has 1 aliphatic heterocycles. The normalized spacial score (nSPS) is 13.7. The summed E-state index contributed by atoms with van der Waals surface area (Å²) in [4.78, 5) is 39.4. The zero-order valence-electron chi connectivity index (χ0n) is 23.5. The van der Waals surface area contributed by atoms with Crippen LogP contribution in [0.4, 0.5) is 13.2 Å². The number of aliphatic hydroxyl groups is 1. The van der Waals surface area contributed by atoms with Crippen molar-refractivity contribution in [3.05, 3.63) is 62.8 Å². The van der Waals surface area contributed by atoms with Crippen molar-refractivity contribution in [1.82, 2.24) is 14.7 Å². The Morgan fingerprint density at radius 2 is 1.68 bits per heavy atom. The third kappa shape index (κ3) is 6.72. The fraction of sp³-hybridized carbons (Fsp3) is 0.448. The fourth-order valence-corrected chi connectivity index (χ4v) is 5.14. The number of aromatic nitrogens is 2. The van der Waals surface area contributed by atoms with Crippen LogP contribution in [0.5, 0.6) is 0 Å². The molecule has 0 atom stereocenters. The number of amides is 1. The molecule has 1 saturated heterocycles. The first-order valence-electron chi connectivity index (χ1n) is 13.0. The van der Waals surface area contributed by atoms with Gasteiger partial charge in [0.25, 0.3) is 11.8 Å². The lowest BCUT2D eigenvalue weighted by Gasteiger charge is -2.31. The Hall–Kier alpha value is -3.24. The van der Waals surface area contributed by atoms with Crippen LogP contribution in [0.25, 0.3) is 10.9 Å². The Morgan fingerprint density at radius 3 is 2.23 bits per heavy atom. The molecule has 0 aliphatic carbocycles. The summed E-state index contributed by atoms with van der Waals surface area (Å²) in [5.74, 6) is -0.611. The number of carbonyl (C=O) groups is 3.